The number of hydrogen-bond acceptors (Lipinski definition) is 9. The first-order valence-corrected chi connectivity index (χ1v) is 13.7. The van der Waals surface area contributed by atoms with Gasteiger partial charge in [0.25, 0.3) is 11.5 Å². The maximum absolute atomic E-state index is 13.6. The number of aryl methyl sites for hydroxylation is 1. The third-order valence-corrected chi connectivity index (χ3v) is 6.96. The molecule has 0 unspecified atom stereocenters. The molecule has 45 heavy (non-hydrogen) atoms. The third-order valence-electron chi connectivity index (χ3n) is 6.96. The summed E-state index contributed by atoms with van der Waals surface area (Å²) in [4.78, 5) is 42.2. The zero-order valence-electron chi connectivity index (χ0n) is 24.1. The molecule has 0 radical (unpaired) electrons. The van der Waals surface area contributed by atoms with Crippen molar-refractivity contribution in [2.24, 2.45) is 5.10 Å². The largest absolute Gasteiger partial charge is 0.493 e. The second-order valence-electron chi connectivity index (χ2n) is 9.94. The fourth-order valence-corrected chi connectivity index (χ4v) is 4.76. The van der Waals surface area contributed by atoms with Crippen LogP contribution in [0.5, 0.6) is 11.5 Å². The van der Waals surface area contributed by atoms with Gasteiger partial charge in [-0.05, 0) is 48.9 Å². The lowest BCUT2D eigenvalue weighted by Gasteiger charge is -2.13. The number of nitro groups is 1. The highest BCUT2D eigenvalue weighted by Gasteiger charge is 2.24. The molecule has 2 aromatic heterocycles. The topological polar surface area (TPSA) is 151 Å². The first-order valence-electron chi connectivity index (χ1n) is 13.7. The maximum Gasteiger partial charge on any atom is 0.315 e. The van der Waals surface area contributed by atoms with Crippen LogP contribution >= 0.6 is 0 Å². The summed E-state index contributed by atoms with van der Waals surface area (Å²) in [5.74, 6) is -0.282. The Balaban J connectivity index is 1.36. The van der Waals surface area contributed by atoms with Gasteiger partial charge in [-0.25, -0.2) is 4.98 Å². The summed E-state index contributed by atoms with van der Waals surface area (Å²) >= 11 is 0. The summed E-state index contributed by atoms with van der Waals surface area (Å²) in [6.07, 6.45) is 1.27. The average molecular weight is 604 g/mol. The molecule has 4 aromatic carbocycles. The number of carbonyl (C=O) groups excluding carboxylic acids is 1. The van der Waals surface area contributed by atoms with E-state index in [9.17, 15) is 19.7 Å². The molecule has 0 aliphatic carbocycles. The van der Waals surface area contributed by atoms with Gasteiger partial charge in [0.2, 0.25) is 11.6 Å². The van der Waals surface area contributed by atoms with Crippen LogP contribution in [0.25, 0.3) is 33.5 Å². The Labute approximate surface area is 255 Å². The van der Waals surface area contributed by atoms with Crippen molar-refractivity contribution in [1.82, 2.24) is 9.66 Å². The van der Waals surface area contributed by atoms with Gasteiger partial charge in [-0.1, -0.05) is 48.5 Å². The Hall–Kier alpha value is -6.30. The molecule has 12 heteroatoms. The van der Waals surface area contributed by atoms with Crippen LogP contribution in [-0.4, -0.2) is 40.4 Å². The lowest BCUT2D eigenvalue weighted by atomic mass is 10.2. The van der Waals surface area contributed by atoms with Crippen molar-refractivity contribution in [1.29, 1.82) is 0 Å². The number of fused-ring (bicyclic) bond motifs is 2. The second kappa shape index (κ2) is 12.1. The van der Waals surface area contributed by atoms with Crippen molar-refractivity contribution in [2.45, 2.75) is 6.92 Å². The number of rotatable bonds is 9. The minimum Gasteiger partial charge on any atom is -0.493 e. The van der Waals surface area contributed by atoms with E-state index in [0.717, 1.165) is 15.6 Å². The summed E-state index contributed by atoms with van der Waals surface area (Å²) < 4.78 is 18.0. The van der Waals surface area contributed by atoms with Gasteiger partial charge < -0.3 is 19.2 Å². The Morgan fingerprint density at radius 2 is 1.82 bits per heavy atom. The van der Waals surface area contributed by atoms with Gasteiger partial charge in [0.15, 0.2) is 18.1 Å². The zero-order valence-corrected chi connectivity index (χ0v) is 24.1. The monoisotopic (exact) mass is 603 g/mol. The van der Waals surface area contributed by atoms with Crippen LogP contribution in [-0.2, 0) is 4.79 Å². The van der Waals surface area contributed by atoms with Crippen molar-refractivity contribution >= 4 is 45.4 Å². The van der Waals surface area contributed by atoms with Gasteiger partial charge in [0.05, 0.1) is 29.2 Å². The number of furan rings is 1. The molecular formula is C33H25N5O7. The summed E-state index contributed by atoms with van der Waals surface area (Å²) in [6, 6.07) is 25.8. The fourth-order valence-electron chi connectivity index (χ4n) is 4.76. The highest BCUT2D eigenvalue weighted by molar-refractivity contribution is 5.93. The van der Waals surface area contributed by atoms with Crippen molar-refractivity contribution < 1.29 is 23.6 Å². The third kappa shape index (κ3) is 5.84. The molecule has 1 N–H and O–H groups in total. The SMILES string of the molecule is COc1cc(C=Nn2c(-c3cc4ccccc4o3)nc3ccccc3c2=O)cc([N+](=O)[O-])c1OCC(=O)Nc1ccccc1C. The van der Waals surface area contributed by atoms with Crippen LogP contribution in [0, 0.1) is 17.0 Å². The van der Waals surface area contributed by atoms with Crippen LogP contribution in [0.4, 0.5) is 11.4 Å². The molecule has 6 rings (SSSR count). The van der Waals surface area contributed by atoms with E-state index < -0.39 is 28.7 Å². The van der Waals surface area contributed by atoms with Gasteiger partial charge in [0, 0.05) is 22.7 Å². The fraction of sp³-hybridized carbons (Fsp3) is 0.0909. The maximum atomic E-state index is 13.6. The predicted molar refractivity (Wildman–Crippen MR) is 169 cm³/mol. The van der Waals surface area contributed by atoms with E-state index in [1.54, 1.807) is 48.5 Å². The number of hydrogen-bond donors (Lipinski definition) is 1. The van der Waals surface area contributed by atoms with E-state index in [1.165, 1.54) is 25.5 Å². The number of para-hydroxylation sites is 3. The number of ether oxygens (including phenoxy) is 2. The molecule has 2 heterocycles. The normalized spacial score (nSPS) is 11.2. The van der Waals surface area contributed by atoms with Crippen molar-refractivity contribution in [3.8, 4) is 23.1 Å². The molecule has 1 amide bonds. The summed E-state index contributed by atoms with van der Waals surface area (Å²) in [7, 11) is 1.32. The Morgan fingerprint density at radius 1 is 1.07 bits per heavy atom. The molecule has 0 bridgehead atoms. The van der Waals surface area contributed by atoms with Crippen molar-refractivity contribution in [3.05, 3.63) is 123 Å². The molecule has 12 nitrogen and oxygen atoms in total. The highest BCUT2D eigenvalue weighted by Crippen LogP contribution is 2.38. The summed E-state index contributed by atoms with van der Waals surface area (Å²) in [5, 5.41) is 20.3. The minimum atomic E-state index is -0.655. The van der Waals surface area contributed by atoms with Gasteiger partial charge >= 0.3 is 5.69 Å². The first kappa shape index (κ1) is 28.8. The first-order chi connectivity index (χ1) is 21.8. The predicted octanol–water partition coefficient (Wildman–Crippen LogP) is 5.93. The quantitative estimate of drug-likeness (QED) is 0.121. The lowest BCUT2D eigenvalue weighted by Crippen LogP contribution is -2.21. The Morgan fingerprint density at radius 3 is 2.60 bits per heavy atom. The molecule has 0 saturated heterocycles. The van der Waals surface area contributed by atoms with Crippen LogP contribution < -0.4 is 20.3 Å². The molecule has 0 fully saturated rings. The Kier molecular flexibility index (Phi) is 7.76. The molecule has 6 aromatic rings. The number of methoxy groups -OCH3 is 1. The number of nitrogens with one attached hydrogen (secondary N) is 1. The number of carbonyl (C=O) groups is 1. The van der Waals surface area contributed by atoms with Crippen LogP contribution in [0.15, 0.2) is 105 Å². The molecule has 0 saturated carbocycles. The Bertz CT molecular complexity index is 2150. The van der Waals surface area contributed by atoms with Gasteiger partial charge in [-0.2, -0.15) is 9.78 Å². The number of aromatic nitrogens is 2. The summed E-state index contributed by atoms with van der Waals surface area (Å²) in [6.45, 7) is 1.34. The van der Waals surface area contributed by atoms with E-state index in [1.807, 2.05) is 37.3 Å². The van der Waals surface area contributed by atoms with E-state index in [2.05, 4.69) is 15.4 Å². The number of nitrogens with zero attached hydrogens (tertiary/aromatic N) is 4. The summed E-state index contributed by atoms with van der Waals surface area (Å²) in [5.41, 5.74) is 1.81. The molecular weight excluding hydrogens is 578 g/mol. The van der Waals surface area contributed by atoms with Crippen molar-refractivity contribution in [3.63, 3.8) is 0 Å². The van der Waals surface area contributed by atoms with Crippen molar-refractivity contribution in [2.75, 3.05) is 19.0 Å². The number of amides is 1. The van der Waals surface area contributed by atoms with Gasteiger partial charge in [-0.3, -0.25) is 19.7 Å². The molecule has 0 aliphatic heterocycles. The number of benzene rings is 4. The van der Waals surface area contributed by atoms with Crippen LogP contribution in [0.1, 0.15) is 11.1 Å². The molecule has 224 valence electrons. The highest BCUT2D eigenvalue weighted by atomic mass is 16.6. The molecule has 0 aliphatic rings. The van der Waals surface area contributed by atoms with E-state index in [-0.39, 0.29) is 22.9 Å². The van der Waals surface area contributed by atoms with Gasteiger partial charge in [-0.15, -0.1) is 0 Å². The zero-order chi connectivity index (χ0) is 31.5. The van der Waals surface area contributed by atoms with E-state index >= 15 is 0 Å². The molecule has 0 atom stereocenters. The van der Waals surface area contributed by atoms with E-state index in [4.69, 9.17) is 13.9 Å². The number of anilines is 1. The average Bonchev–Trinajstić information content (AvgIpc) is 3.48. The lowest BCUT2D eigenvalue weighted by molar-refractivity contribution is -0.385. The minimum absolute atomic E-state index is 0.00386. The van der Waals surface area contributed by atoms with E-state index in [0.29, 0.717) is 27.9 Å². The van der Waals surface area contributed by atoms with Gasteiger partial charge in [0.1, 0.15) is 5.58 Å². The standard InChI is InChI=1S/C33H25N5O7/c1-20-9-3-6-12-24(20)35-30(39)19-44-31-26(38(41)42)15-21(16-28(31)43-2)18-34-37-32(29-17-22-10-4-8-14-27(22)45-29)36-25-13-7-5-11-23(25)33(37)40/h3-18H,19H2,1-2H3,(H,35,39). The second-order valence-corrected chi connectivity index (χ2v) is 9.94. The smallest absolute Gasteiger partial charge is 0.315 e. The number of nitro benzene ring substituents is 1. The van der Waals surface area contributed by atoms with Crippen LogP contribution in [0.3, 0.4) is 0 Å². The van der Waals surface area contributed by atoms with Crippen LogP contribution in [0.2, 0.25) is 0 Å². The molecule has 0 spiro atoms.